The topological polar surface area (TPSA) is 66.6 Å². The highest BCUT2D eigenvalue weighted by atomic mass is 16.4. The Morgan fingerprint density at radius 2 is 2.27 bits per heavy atom. The van der Waals surface area contributed by atoms with Gasteiger partial charge in [0.1, 0.15) is 5.54 Å². The maximum absolute atomic E-state index is 10.9. The highest BCUT2D eigenvalue weighted by Gasteiger charge is 2.34. The lowest BCUT2D eigenvalue weighted by molar-refractivity contribution is -0.143. The van der Waals surface area contributed by atoms with E-state index in [0.29, 0.717) is 18.4 Å². The lowest BCUT2D eigenvalue weighted by Gasteiger charge is -2.26. The summed E-state index contributed by atoms with van der Waals surface area (Å²) in [5.74, 6) is 0.439. The van der Waals surface area contributed by atoms with Crippen molar-refractivity contribution in [3.8, 4) is 0 Å². The summed E-state index contributed by atoms with van der Waals surface area (Å²) < 4.78 is 0. The summed E-state index contributed by atoms with van der Waals surface area (Å²) in [5, 5.41) is 8.93. The molecular weight excluding hydrogens is 192 g/mol. The zero-order valence-electron chi connectivity index (χ0n) is 9.86. The Balaban J connectivity index is 2.46. The van der Waals surface area contributed by atoms with Crippen LogP contribution in [0.1, 0.15) is 27.2 Å². The van der Waals surface area contributed by atoms with E-state index in [2.05, 4.69) is 18.7 Å². The maximum atomic E-state index is 10.9. The van der Waals surface area contributed by atoms with Gasteiger partial charge in [0.05, 0.1) is 0 Å². The summed E-state index contributed by atoms with van der Waals surface area (Å²) in [6.07, 6.45) is 1.16. The van der Waals surface area contributed by atoms with Gasteiger partial charge in [-0.25, -0.2) is 0 Å². The van der Waals surface area contributed by atoms with Crippen LogP contribution in [0.15, 0.2) is 0 Å². The van der Waals surface area contributed by atoms with Gasteiger partial charge in [-0.2, -0.15) is 0 Å². The predicted molar refractivity (Wildman–Crippen MR) is 59.6 cm³/mol. The van der Waals surface area contributed by atoms with E-state index in [1.165, 1.54) is 0 Å². The van der Waals surface area contributed by atoms with Crippen LogP contribution in [0.3, 0.4) is 0 Å². The minimum Gasteiger partial charge on any atom is -0.480 e. The predicted octanol–water partition coefficient (Wildman–Crippen LogP) is 0.766. The van der Waals surface area contributed by atoms with Gasteiger partial charge in [0.15, 0.2) is 0 Å². The van der Waals surface area contributed by atoms with E-state index in [4.69, 9.17) is 10.8 Å². The van der Waals surface area contributed by atoms with Crippen LogP contribution in [0, 0.1) is 11.8 Å². The average molecular weight is 214 g/mol. The van der Waals surface area contributed by atoms with Crippen LogP contribution in [-0.2, 0) is 4.79 Å². The van der Waals surface area contributed by atoms with Gasteiger partial charge in [0.25, 0.3) is 0 Å². The number of nitrogens with zero attached hydrogens (tertiary/aromatic N) is 1. The van der Waals surface area contributed by atoms with Crippen molar-refractivity contribution in [1.82, 2.24) is 4.90 Å². The quantitative estimate of drug-likeness (QED) is 0.725. The average Bonchev–Trinajstić information content (AvgIpc) is 2.51. The molecule has 0 aliphatic carbocycles. The second-order valence-corrected chi connectivity index (χ2v) is 5.25. The minimum absolute atomic E-state index is 0.450. The highest BCUT2D eigenvalue weighted by molar-refractivity contribution is 5.78. The van der Waals surface area contributed by atoms with Crippen molar-refractivity contribution >= 4 is 5.97 Å². The molecule has 1 aliphatic heterocycles. The van der Waals surface area contributed by atoms with Crippen LogP contribution in [0.25, 0.3) is 0 Å². The summed E-state index contributed by atoms with van der Waals surface area (Å²) in [6, 6.07) is 0. The van der Waals surface area contributed by atoms with Crippen molar-refractivity contribution in [3.05, 3.63) is 0 Å². The molecule has 15 heavy (non-hydrogen) atoms. The molecule has 1 fully saturated rings. The van der Waals surface area contributed by atoms with Gasteiger partial charge in [-0.05, 0) is 31.7 Å². The van der Waals surface area contributed by atoms with E-state index in [1.807, 2.05) is 0 Å². The number of carboxylic acids is 1. The van der Waals surface area contributed by atoms with Crippen LogP contribution in [0.2, 0.25) is 0 Å². The van der Waals surface area contributed by atoms with E-state index in [0.717, 1.165) is 19.5 Å². The fraction of sp³-hybridized carbons (Fsp3) is 0.909. The number of rotatable bonds is 4. The van der Waals surface area contributed by atoms with Gasteiger partial charge in [0.2, 0.25) is 0 Å². The SMILES string of the molecule is CC(C)C1CCN(CC(C)(N)C(=O)O)C1. The summed E-state index contributed by atoms with van der Waals surface area (Å²) in [7, 11) is 0. The lowest BCUT2D eigenvalue weighted by atomic mass is 9.95. The first-order chi connectivity index (χ1) is 6.83. The molecule has 1 aliphatic rings. The summed E-state index contributed by atoms with van der Waals surface area (Å²) in [4.78, 5) is 13.0. The Bertz CT molecular complexity index is 239. The summed E-state index contributed by atoms with van der Waals surface area (Å²) in [6.45, 7) is 8.42. The first kappa shape index (κ1) is 12.5. The van der Waals surface area contributed by atoms with Gasteiger partial charge in [-0.1, -0.05) is 13.8 Å². The Hall–Kier alpha value is -0.610. The van der Waals surface area contributed by atoms with E-state index < -0.39 is 11.5 Å². The standard InChI is InChI=1S/C11H22N2O2/c1-8(2)9-4-5-13(6-9)7-11(3,12)10(14)15/h8-9H,4-7,12H2,1-3H3,(H,14,15). The van der Waals surface area contributed by atoms with Gasteiger partial charge < -0.3 is 15.7 Å². The van der Waals surface area contributed by atoms with Gasteiger partial charge in [-0.3, -0.25) is 4.79 Å². The number of aliphatic carboxylic acids is 1. The number of carbonyl (C=O) groups is 1. The first-order valence-electron chi connectivity index (χ1n) is 5.57. The monoisotopic (exact) mass is 214 g/mol. The Morgan fingerprint density at radius 1 is 1.67 bits per heavy atom. The molecule has 0 amide bonds. The number of likely N-dealkylation sites (tertiary alicyclic amines) is 1. The summed E-state index contributed by atoms with van der Waals surface area (Å²) >= 11 is 0. The van der Waals surface area contributed by atoms with Gasteiger partial charge in [-0.15, -0.1) is 0 Å². The number of hydrogen-bond acceptors (Lipinski definition) is 3. The molecule has 2 unspecified atom stereocenters. The Morgan fingerprint density at radius 3 is 2.67 bits per heavy atom. The zero-order chi connectivity index (χ0) is 11.6. The van der Waals surface area contributed by atoms with E-state index in [9.17, 15) is 4.79 Å². The molecule has 88 valence electrons. The molecule has 1 rings (SSSR count). The highest BCUT2D eigenvalue weighted by Crippen LogP contribution is 2.24. The Labute approximate surface area is 91.4 Å². The molecule has 1 heterocycles. The molecule has 4 nitrogen and oxygen atoms in total. The number of carboxylic acid groups (broad SMARTS) is 1. The molecule has 3 N–H and O–H groups in total. The fourth-order valence-corrected chi connectivity index (χ4v) is 2.08. The van der Waals surface area contributed by atoms with E-state index >= 15 is 0 Å². The largest absolute Gasteiger partial charge is 0.480 e. The second kappa shape index (κ2) is 4.49. The molecule has 1 saturated heterocycles. The molecule has 0 aromatic carbocycles. The van der Waals surface area contributed by atoms with Crippen LogP contribution >= 0.6 is 0 Å². The molecule has 0 bridgehead atoms. The molecule has 0 radical (unpaired) electrons. The number of hydrogen-bond donors (Lipinski definition) is 2. The third kappa shape index (κ3) is 3.18. The molecule has 0 spiro atoms. The molecule has 2 atom stereocenters. The third-order valence-corrected chi connectivity index (χ3v) is 3.29. The molecular formula is C11H22N2O2. The molecule has 4 heteroatoms. The lowest BCUT2D eigenvalue weighted by Crippen LogP contribution is -2.53. The van der Waals surface area contributed by atoms with Crippen LogP contribution in [0.4, 0.5) is 0 Å². The van der Waals surface area contributed by atoms with Crippen LogP contribution in [0.5, 0.6) is 0 Å². The van der Waals surface area contributed by atoms with Crippen molar-refractivity contribution in [2.45, 2.75) is 32.7 Å². The smallest absolute Gasteiger partial charge is 0.324 e. The zero-order valence-corrected chi connectivity index (χ0v) is 9.86. The van der Waals surface area contributed by atoms with Crippen molar-refractivity contribution < 1.29 is 9.90 Å². The van der Waals surface area contributed by atoms with Gasteiger partial charge in [0, 0.05) is 13.1 Å². The fourth-order valence-electron chi connectivity index (χ4n) is 2.08. The van der Waals surface area contributed by atoms with Crippen molar-refractivity contribution in [1.29, 1.82) is 0 Å². The normalized spacial score (nSPS) is 26.9. The summed E-state index contributed by atoms with van der Waals surface area (Å²) in [5.41, 5.74) is 4.60. The van der Waals surface area contributed by atoms with Crippen molar-refractivity contribution in [2.24, 2.45) is 17.6 Å². The molecule has 0 aromatic heterocycles. The van der Waals surface area contributed by atoms with Crippen molar-refractivity contribution in [2.75, 3.05) is 19.6 Å². The van der Waals surface area contributed by atoms with E-state index in [1.54, 1.807) is 6.92 Å². The second-order valence-electron chi connectivity index (χ2n) is 5.25. The Kier molecular flexibility index (Phi) is 3.73. The maximum Gasteiger partial charge on any atom is 0.324 e. The van der Waals surface area contributed by atoms with Gasteiger partial charge >= 0.3 is 5.97 Å². The van der Waals surface area contributed by atoms with Crippen LogP contribution < -0.4 is 5.73 Å². The number of nitrogens with two attached hydrogens (primary N) is 1. The molecule has 0 saturated carbocycles. The van der Waals surface area contributed by atoms with Crippen molar-refractivity contribution in [3.63, 3.8) is 0 Å². The van der Waals surface area contributed by atoms with E-state index in [-0.39, 0.29) is 0 Å². The third-order valence-electron chi connectivity index (χ3n) is 3.29. The molecule has 0 aromatic rings. The van der Waals surface area contributed by atoms with Crippen LogP contribution in [-0.4, -0.2) is 41.1 Å². The first-order valence-corrected chi connectivity index (χ1v) is 5.57. The minimum atomic E-state index is -1.12.